The Morgan fingerprint density at radius 1 is 1.00 bits per heavy atom. The molecule has 1 saturated carbocycles. The highest BCUT2D eigenvalue weighted by Crippen LogP contribution is 2.74. The van der Waals surface area contributed by atoms with Crippen molar-refractivity contribution < 1.29 is 9.53 Å². The summed E-state index contributed by atoms with van der Waals surface area (Å²) in [5.41, 5.74) is 8.87. The van der Waals surface area contributed by atoms with Gasteiger partial charge in [-0.2, -0.15) is 0 Å². The first-order valence-electron chi connectivity index (χ1n) is 18.2. The van der Waals surface area contributed by atoms with Crippen LogP contribution in [0.15, 0.2) is 66.3 Å². The van der Waals surface area contributed by atoms with Gasteiger partial charge in [0.1, 0.15) is 6.04 Å². The number of ether oxygens (including phenoxy) is 1. The molecule has 6 heteroatoms. The minimum absolute atomic E-state index is 0.0720. The lowest BCUT2D eigenvalue weighted by atomic mass is 9.50. The molecule has 238 valence electrons. The lowest BCUT2D eigenvalue weighted by Gasteiger charge is -2.70. The molecule has 2 aromatic carbocycles. The van der Waals surface area contributed by atoms with Gasteiger partial charge in [0.2, 0.25) is 0 Å². The summed E-state index contributed by atoms with van der Waals surface area (Å²) in [5, 5.41) is 0. The smallest absolute Gasteiger partial charge is 0.329 e. The molecule has 2 bridgehead atoms. The van der Waals surface area contributed by atoms with E-state index in [1.165, 1.54) is 54.6 Å². The predicted molar refractivity (Wildman–Crippen MR) is 180 cm³/mol. The molecule has 46 heavy (non-hydrogen) atoms. The maximum Gasteiger partial charge on any atom is 0.329 e. The van der Waals surface area contributed by atoms with Crippen molar-refractivity contribution >= 4 is 17.3 Å². The number of esters is 1. The summed E-state index contributed by atoms with van der Waals surface area (Å²) in [6.07, 6.45) is 14.6. The Kier molecular flexibility index (Phi) is 4.97. The van der Waals surface area contributed by atoms with E-state index < -0.39 is 0 Å². The number of benzene rings is 2. The molecular weight excluding hydrogens is 568 g/mol. The lowest BCUT2D eigenvalue weighted by Crippen LogP contribution is -2.81. The SMILES string of the molecule is CC=C1CN2CCC34CN5c6c(cccc6C36C2CC1C(C(=O)OC)N6c1ccccc14)C12CCN3CC=CC(CC)(CCC51)C32. The van der Waals surface area contributed by atoms with E-state index >= 15 is 0 Å². The molecular formula is C40H46N4O2. The largest absolute Gasteiger partial charge is 0.467 e. The number of hydrogen-bond acceptors (Lipinski definition) is 6. The number of carbonyl (C=O) groups excluding carboxylic acids is 1. The van der Waals surface area contributed by atoms with Crippen molar-refractivity contribution in [3.8, 4) is 0 Å². The summed E-state index contributed by atoms with van der Waals surface area (Å²) in [4.78, 5) is 25.6. The highest BCUT2D eigenvalue weighted by molar-refractivity contribution is 5.89. The number of rotatable bonds is 2. The Bertz CT molecular complexity index is 1780. The van der Waals surface area contributed by atoms with Crippen molar-refractivity contribution in [3.05, 3.63) is 83.0 Å². The summed E-state index contributed by atoms with van der Waals surface area (Å²) < 4.78 is 5.75. The number of piperidine rings is 3. The van der Waals surface area contributed by atoms with Crippen molar-refractivity contribution in [2.75, 3.05) is 49.6 Å². The van der Waals surface area contributed by atoms with Gasteiger partial charge in [0.25, 0.3) is 0 Å². The maximum atomic E-state index is 14.2. The highest BCUT2D eigenvalue weighted by Gasteiger charge is 2.79. The van der Waals surface area contributed by atoms with Gasteiger partial charge in [-0.1, -0.05) is 67.1 Å². The minimum atomic E-state index is -0.321. The van der Waals surface area contributed by atoms with Crippen LogP contribution in [0.25, 0.3) is 0 Å². The molecule has 1 aliphatic carbocycles. The second-order valence-corrected chi connectivity index (χ2v) is 16.2. The Balaban J connectivity index is 1.22. The number of hydrogen-bond donors (Lipinski definition) is 0. The molecule has 0 N–H and O–H groups in total. The Morgan fingerprint density at radius 2 is 1.83 bits per heavy atom. The Labute approximate surface area is 273 Å². The number of allylic oxidation sites excluding steroid dienone is 1. The summed E-state index contributed by atoms with van der Waals surface area (Å²) in [6, 6.07) is 17.8. The first-order chi connectivity index (χ1) is 22.5. The van der Waals surface area contributed by atoms with Crippen molar-refractivity contribution in [3.63, 3.8) is 0 Å². The van der Waals surface area contributed by atoms with Crippen LogP contribution in [0, 0.1) is 11.3 Å². The zero-order valence-corrected chi connectivity index (χ0v) is 27.5. The Hall–Kier alpha value is -3.09. The van der Waals surface area contributed by atoms with Crippen LogP contribution in [-0.2, 0) is 25.9 Å². The van der Waals surface area contributed by atoms with Crippen LogP contribution < -0.4 is 9.80 Å². The molecule has 2 spiro atoms. The van der Waals surface area contributed by atoms with Crippen LogP contribution in [-0.4, -0.2) is 79.8 Å². The molecule has 9 atom stereocenters. The third-order valence-electron chi connectivity index (χ3n) is 15.5. The van der Waals surface area contributed by atoms with E-state index in [9.17, 15) is 4.79 Å². The molecule has 11 rings (SSSR count). The molecule has 0 aromatic heterocycles. The monoisotopic (exact) mass is 614 g/mol. The molecule has 0 radical (unpaired) electrons. The van der Waals surface area contributed by atoms with Crippen LogP contribution in [0.2, 0.25) is 0 Å². The molecule has 2 aromatic rings. The van der Waals surface area contributed by atoms with Gasteiger partial charge < -0.3 is 14.5 Å². The number of nitrogens with zero attached hydrogens (tertiary/aromatic N) is 4. The van der Waals surface area contributed by atoms with E-state index in [0.717, 1.165) is 39.0 Å². The van der Waals surface area contributed by atoms with E-state index in [4.69, 9.17) is 4.74 Å². The second-order valence-electron chi connectivity index (χ2n) is 16.2. The standard InChI is InChI=1S/C40H46N4O2/c1-4-25-23-42-20-17-38-24-43-31-14-16-37(5-2)15-9-19-41-21-18-39(31,36(37)41)28-11-8-12-29(34(28)43)40(38)32(42)22-26(25)33(35(45)46-3)44(40)30-13-7-6-10-27(30)38/h4,6-13,15,26,31-33,36H,5,14,16-24H2,1-3H3. The fraction of sp³-hybridized carbons (Fsp3) is 0.575. The summed E-state index contributed by atoms with van der Waals surface area (Å²) in [6.45, 7) is 10.0. The van der Waals surface area contributed by atoms with Gasteiger partial charge in [-0.05, 0) is 75.7 Å². The fourth-order valence-corrected chi connectivity index (χ4v) is 14.2. The number of methoxy groups -OCH3 is 1. The number of fused-ring (bicyclic) bond motifs is 4. The predicted octanol–water partition coefficient (Wildman–Crippen LogP) is 5.51. The maximum absolute atomic E-state index is 14.2. The number of carbonyl (C=O) groups is 1. The third-order valence-corrected chi connectivity index (χ3v) is 15.5. The molecule has 4 saturated heterocycles. The molecule has 8 heterocycles. The van der Waals surface area contributed by atoms with Crippen LogP contribution in [0.5, 0.6) is 0 Å². The minimum Gasteiger partial charge on any atom is -0.467 e. The van der Waals surface area contributed by atoms with Crippen molar-refractivity contribution in [2.24, 2.45) is 11.3 Å². The third kappa shape index (κ3) is 2.55. The number of anilines is 2. The fourth-order valence-electron chi connectivity index (χ4n) is 14.2. The Morgan fingerprint density at radius 3 is 2.67 bits per heavy atom. The molecule has 8 aliphatic heterocycles. The van der Waals surface area contributed by atoms with Gasteiger partial charge in [-0.3, -0.25) is 9.80 Å². The quantitative estimate of drug-likeness (QED) is 0.328. The summed E-state index contributed by atoms with van der Waals surface area (Å²) in [5.74, 6) is 0.0991. The number of para-hydroxylation sites is 2. The highest BCUT2D eigenvalue weighted by atomic mass is 16.5. The van der Waals surface area contributed by atoms with Crippen LogP contribution >= 0.6 is 0 Å². The summed E-state index contributed by atoms with van der Waals surface area (Å²) in [7, 11) is 1.60. The topological polar surface area (TPSA) is 39.3 Å². The summed E-state index contributed by atoms with van der Waals surface area (Å²) >= 11 is 0. The van der Waals surface area contributed by atoms with Gasteiger partial charge in [0.15, 0.2) is 0 Å². The van der Waals surface area contributed by atoms with Gasteiger partial charge in [0.05, 0.1) is 12.6 Å². The van der Waals surface area contributed by atoms with Gasteiger partial charge >= 0.3 is 5.97 Å². The van der Waals surface area contributed by atoms with Crippen LogP contribution in [0.3, 0.4) is 0 Å². The van der Waals surface area contributed by atoms with E-state index in [1.54, 1.807) is 18.4 Å². The van der Waals surface area contributed by atoms with Crippen molar-refractivity contribution in [2.45, 2.75) is 92.9 Å². The zero-order valence-electron chi connectivity index (χ0n) is 27.5. The molecule has 0 amide bonds. The average molecular weight is 615 g/mol. The average Bonchev–Trinajstić information content (AvgIpc) is 3.72. The molecule has 5 fully saturated rings. The van der Waals surface area contributed by atoms with Gasteiger partial charge in [-0.25, -0.2) is 4.79 Å². The van der Waals surface area contributed by atoms with Crippen LogP contribution in [0.1, 0.15) is 69.1 Å². The first kappa shape index (κ1) is 26.9. The zero-order chi connectivity index (χ0) is 30.8. The van der Waals surface area contributed by atoms with E-state index in [2.05, 4.69) is 94.1 Å². The lowest BCUT2D eigenvalue weighted by molar-refractivity contribution is -0.148. The van der Waals surface area contributed by atoms with Gasteiger partial charge in [0, 0.05) is 76.9 Å². The van der Waals surface area contributed by atoms with Crippen molar-refractivity contribution in [1.82, 2.24) is 9.80 Å². The van der Waals surface area contributed by atoms with Crippen LogP contribution in [0.4, 0.5) is 11.4 Å². The van der Waals surface area contributed by atoms with Crippen molar-refractivity contribution in [1.29, 1.82) is 0 Å². The van der Waals surface area contributed by atoms with Gasteiger partial charge in [-0.15, -0.1) is 0 Å². The second kappa shape index (κ2) is 8.49. The molecule has 9 aliphatic rings. The van der Waals surface area contributed by atoms with E-state index in [0.29, 0.717) is 18.1 Å². The normalized spacial score (nSPS) is 44.4. The first-order valence-corrected chi connectivity index (χ1v) is 18.2. The van der Waals surface area contributed by atoms with E-state index in [1.807, 2.05) is 0 Å². The molecule has 9 unspecified atom stereocenters. The van der Waals surface area contributed by atoms with E-state index in [-0.39, 0.29) is 39.7 Å². The molecule has 6 nitrogen and oxygen atoms in total.